The van der Waals surface area contributed by atoms with Crippen molar-refractivity contribution in [2.45, 2.75) is 0 Å². The highest BCUT2D eigenvalue weighted by atomic mass is 79.9. The maximum Gasteiger partial charge on any atom is 0.306 e. The molecule has 0 radical (unpaired) electrons. The molecule has 0 saturated carbocycles. The van der Waals surface area contributed by atoms with Crippen LogP contribution in [0.5, 0.6) is 0 Å². The van der Waals surface area contributed by atoms with Gasteiger partial charge in [-0.15, -0.1) is 12.4 Å². The largest absolute Gasteiger partial charge is 0.306 e. The molecule has 7 nitrogen and oxygen atoms in total. The molecule has 0 fully saturated rings. The van der Waals surface area contributed by atoms with E-state index in [1.165, 1.54) is 24.5 Å². The lowest BCUT2D eigenvalue weighted by Crippen LogP contribution is -1.94. The molecule has 0 spiro atoms. The summed E-state index contributed by atoms with van der Waals surface area (Å²) in [6.07, 6.45) is 2.72. The molecule has 118 valence electrons. The van der Waals surface area contributed by atoms with Gasteiger partial charge in [0.1, 0.15) is 12.1 Å². The molecule has 0 aliphatic rings. The Hall–Kier alpha value is -2.14. The Bertz CT molecular complexity index is 807. The summed E-state index contributed by atoms with van der Waals surface area (Å²) in [4.78, 5) is 16.8. The first-order valence-corrected chi connectivity index (χ1v) is 6.88. The Labute approximate surface area is 152 Å². The first-order valence-electron chi connectivity index (χ1n) is 5.30. The van der Waals surface area contributed by atoms with Gasteiger partial charge in [-0.05, 0) is 37.9 Å². The van der Waals surface area contributed by atoms with Gasteiger partial charge in [-0.25, -0.2) is 14.4 Å². The van der Waals surface area contributed by atoms with Gasteiger partial charge in [-0.1, -0.05) is 0 Å². The number of nitro groups is 1. The van der Waals surface area contributed by atoms with Crippen LogP contribution in [0.2, 0.25) is 0 Å². The van der Waals surface area contributed by atoms with E-state index < -0.39 is 10.7 Å². The molecule has 0 bridgehead atoms. The van der Waals surface area contributed by atoms with Crippen LogP contribution >= 0.6 is 44.3 Å². The van der Waals surface area contributed by atoms with Gasteiger partial charge in [0, 0.05) is 27.4 Å². The zero-order valence-corrected chi connectivity index (χ0v) is 14.9. The Morgan fingerprint density at radius 2 is 1.57 bits per heavy atom. The maximum atomic E-state index is 12.5. The van der Waals surface area contributed by atoms with E-state index in [0.717, 1.165) is 0 Å². The number of halogens is 4. The van der Waals surface area contributed by atoms with Gasteiger partial charge < -0.3 is 0 Å². The van der Waals surface area contributed by atoms with Crippen molar-refractivity contribution < 1.29 is 9.31 Å². The van der Waals surface area contributed by atoms with E-state index in [2.05, 4.69) is 41.8 Å². The third-order valence-corrected chi connectivity index (χ3v) is 2.92. The minimum absolute atomic E-state index is 0. The maximum absolute atomic E-state index is 12.5. The monoisotopic (exact) mass is 463 g/mol. The van der Waals surface area contributed by atoms with Gasteiger partial charge in [0.05, 0.1) is 4.92 Å². The van der Waals surface area contributed by atoms with Crippen LogP contribution in [0, 0.1) is 38.6 Å². The zero-order chi connectivity index (χ0) is 16.7. The predicted octanol–water partition coefficient (Wildman–Crippen LogP) is 3.90. The van der Waals surface area contributed by atoms with Crippen LogP contribution in [0.1, 0.15) is 11.4 Å². The lowest BCUT2D eigenvalue weighted by molar-refractivity contribution is -0.385. The molecule has 0 unspecified atom stereocenters. The average molecular weight is 465 g/mol. The fourth-order valence-corrected chi connectivity index (χ4v) is 1.77. The van der Waals surface area contributed by atoms with Crippen LogP contribution in [-0.2, 0) is 0 Å². The van der Waals surface area contributed by atoms with E-state index in [0.29, 0.717) is 8.95 Å². The van der Waals surface area contributed by atoms with Gasteiger partial charge in [0.2, 0.25) is 5.69 Å². The molecule has 0 saturated heterocycles. The Morgan fingerprint density at radius 1 is 1.09 bits per heavy atom. The molecule has 0 aromatic carbocycles. The number of nitrogens with zero attached hydrogens (tertiary/aromatic N) is 5. The van der Waals surface area contributed by atoms with E-state index in [1.807, 2.05) is 0 Å². The van der Waals surface area contributed by atoms with Crippen molar-refractivity contribution in [3.63, 3.8) is 0 Å². The van der Waals surface area contributed by atoms with Crippen molar-refractivity contribution in [1.82, 2.24) is 9.97 Å². The molecule has 2 heterocycles. The summed E-state index contributed by atoms with van der Waals surface area (Å²) >= 11 is 6.03. The highest BCUT2D eigenvalue weighted by molar-refractivity contribution is 9.10. The highest BCUT2D eigenvalue weighted by Gasteiger charge is 2.14. The molecule has 0 amide bonds. The molecule has 2 aromatic rings. The molecule has 2 rings (SSSR count). The first kappa shape index (κ1) is 20.9. The zero-order valence-electron chi connectivity index (χ0n) is 10.9. The molecule has 11 heteroatoms. The van der Waals surface area contributed by atoms with E-state index in [9.17, 15) is 14.5 Å². The average Bonchev–Trinajstić information content (AvgIpc) is 2.48. The summed E-state index contributed by atoms with van der Waals surface area (Å²) in [5.41, 5.74) is -0.640. The fraction of sp³-hybridized carbons (Fsp3) is 0. The molecular formula is C12H5Br2ClFN5O2. The Kier molecular flexibility index (Phi) is 8.88. The number of nitriles is 2. The molecule has 0 atom stereocenters. The van der Waals surface area contributed by atoms with Gasteiger partial charge in [-0.2, -0.15) is 10.5 Å². The number of aromatic nitrogens is 2. The summed E-state index contributed by atoms with van der Waals surface area (Å²) < 4.78 is 13.5. The van der Waals surface area contributed by atoms with E-state index in [4.69, 9.17) is 10.5 Å². The fourth-order valence-electron chi connectivity index (χ4n) is 1.15. The predicted molar refractivity (Wildman–Crippen MR) is 87.2 cm³/mol. The van der Waals surface area contributed by atoms with Crippen LogP contribution in [0.25, 0.3) is 0 Å². The standard InChI is InChI=1S/C6H2BrFN2.C6H2BrN3O2.ClH/c7-4-1-5(8)6(2-9)10-3-4;7-4-1-6(10(11)12)5(2-8)9-3-4;/h1,3H;1,3H;1H. The second-order valence-corrected chi connectivity index (χ2v) is 5.32. The van der Waals surface area contributed by atoms with Crippen molar-refractivity contribution in [2.24, 2.45) is 0 Å². The molecule has 0 N–H and O–H groups in total. The van der Waals surface area contributed by atoms with Gasteiger partial charge in [-0.3, -0.25) is 10.1 Å². The quantitative estimate of drug-likeness (QED) is 0.466. The van der Waals surface area contributed by atoms with Crippen molar-refractivity contribution >= 4 is 50.0 Å². The van der Waals surface area contributed by atoms with Gasteiger partial charge in [0.25, 0.3) is 0 Å². The highest BCUT2D eigenvalue weighted by Crippen LogP contribution is 2.19. The topological polar surface area (TPSA) is 116 Å². The van der Waals surface area contributed by atoms with Crippen molar-refractivity contribution in [2.75, 3.05) is 0 Å². The number of hydrogen-bond acceptors (Lipinski definition) is 6. The first-order chi connectivity index (χ1) is 10.4. The Balaban J connectivity index is 0.000000409. The lowest BCUT2D eigenvalue weighted by Gasteiger charge is -1.92. The van der Waals surface area contributed by atoms with E-state index in [1.54, 1.807) is 12.1 Å². The molecule has 0 aliphatic carbocycles. The SMILES string of the molecule is Cl.N#Cc1ncc(Br)cc1F.N#Cc1ncc(Br)cc1[N+](=O)[O-]. The molecule has 0 aliphatic heterocycles. The lowest BCUT2D eigenvalue weighted by atomic mass is 10.3. The second kappa shape index (κ2) is 9.79. The third kappa shape index (κ3) is 6.24. The summed E-state index contributed by atoms with van der Waals surface area (Å²) in [6, 6.07) is 5.69. The summed E-state index contributed by atoms with van der Waals surface area (Å²) in [5.74, 6) is -0.600. The normalized spacial score (nSPS) is 8.57. The van der Waals surface area contributed by atoms with Gasteiger partial charge >= 0.3 is 5.69 Å². The number of pyridine rings is 2. The van der Waals surface area contributed by atoms with Crippen LogP contribution < -0.4 is 0 Å². The second-order valence-electron chi connectivity index (χ2n) is 3.49. The van der Waals surface area contributed by atoms with E-state index in [-0.39, 0.29) is 29.5 Å². The summed E-state index contributed by atoms with van der Waals surface area (Å²) in [6.45, 7) is 0. The summed E-state index contributed by atoms with van der Waals surface area (Å²) in [7, 11) is 0. The van der Waals surface area contributed by atoms with Crippen molar-refractivity contribution in [1.29, 1.82) is 10.5 Å². The van der Waals surface area contributed by atoms with Crippen LogP contribution in [0.4, 0.5) is 10.1 Å². The van der Waals surface area contributed by atoms with Gasteiger partial charge in [0.15, 0.2) is 11.5 Å². The molecular weight excluding hydrogens is 460 g/mol. The smallest absolute Gasteiger partial charge is 0.258 e. The summed E-state index contributed by atoms with van der Waals surface area (Å²) in [5, 5.41) is 27.0. The van der Waals surface area contributed by atoms with E-state index >= 15 is 0 Å². The minimum Gasteiger partial charge on any atom is -0.258 e. The Morgan fingerprint density at radius 3 is 2.00 bits per heavy atom. The van der Waals surface area contributed by atoms with Crippen LogP contribution in [0.15, 0.2) is 33.5 Å². The van der Waals surface area contributed by atoms with Crippen molar-refractivity contribution in [3.05, 3.63) is 60.8 Å². The minimum atomic E-state index is -0.643. The third-order valence-electron chi connectivity index (χ3n) is 2.05. The molecule has 23 heavy (non-hydrogen) atoms. The number of rotatable bonds is 1. The van der Waals surface area contributed by atoms with Crippen LogP contribution in [-0.4, -0.2) is 14.9 Å². The number of hydrogen-bond donors (Lipinski definition) is 0. The van der Waals surface area contributed by atoms with Crippen molar-refractivity contribution in [3.8, 4) is 12.1 Å². The van der Waals surface area contributed by atoms with Crippen LogP contribution in [0.3, 0.4) is 0 Å². The molecule has 2 aromatic heterocycles.